The van der Waals surface area contributed by atoms with E-state index in [4.69, 9.17) is 4.74 Å². The molecule has 0 saturated heterocycles. The van der Waals surface area contributed by atoms with E-state index in [1.54, 1.807) is 0 Å². The SMILES string of the molecule is C=C(C)CCOc1ccc(CNC(C)C)cc1. The molecular weight excluding hydrogens is 210 g/mol. The minimum absolute atomic E-state index is 0.515. The second-order valence-corrected chi connectivity index (χ2v) is 4.74. The summed E-state index contributed by atoms with van der Waals surface area (Å²) in [5.41, 5.74) is 2.44. The standard InChI is InChI=1S/C15H23NO/c1-12(2)9-10-17-15-7-5-14(6-8-15)11-16-13(3)4/h5-8,13,16H,1,9-11H2,2-4H3. The molecule has 0 atom stereocenters. The first-order valence-electron chi connectivity index (χ1n) is 6.17. The fraction of sp³-hybridized carbons (Fsp3) is 0.467. The van der Waals surface area contributed by atoms with E-state index >= 15 is 0 Å². The van der Waals surface area contributed by atoms with Gasteiger partial charge in [-0.1, -0.05) is 31.6 Å². The minimum atomic E-state index is 0.515. The highest BCUT2D eigenvalue weighted by Gasteiger charge is 1.97. The van der Waals surface area contributed by atoms with Gasteiger partial charge in [-0.15, -0.1) is 6.58 Å². The Bertz CT molecular complexity index is 340. The van der Waals surface area contributed by atoms with Gasteiger partial charge >= 0.3 is 0 Å². The summed E-state index contributed by atoms with van der Waals surface area (Å²) in [4.78, 5) is 0. The minimum Gasteiger partial charge on any atom is -0.493 e. The summed E-state index contributed by atoms with van der Waals surface area (Å²) in [6.45, 7) is 11.8. The Morgan fingerprint density at radius 3 is 2.47 bits per heavy atom. The van der Waals surface area contributed by atoms with Crippen molar-refractivity contribution >= 4 is 0 Å². The maximum absolute atomic E-state index is 5.62. The summed E-state index contributed by atoms with van der Waals surface area (Å²) in [7, 11) is 0. The van der Waals surface area contributed by atoms with Gasteiger partial charge in [-0.25, -0.2) is 0 Å². The van der Waals surface area contributed by atoms with Crippen LogP contribution in [-0.2, 0) is 6.54 Å². The van der Waals surface area contributed by atoms with Gasteiger partial charge in [-0.05, 0) is 24.6 Å². The van der Waals surface area contributed by atoms with Crippen LogP contribution in [0.4, 0.5) is 0 Å². The molecule has 0 aliphatic heterocycles. The number of ether oxygens (including phenoxy) is 1. The van der Waals surface area contributed by atoms with Crippen LogP contribution in [-0.4, -0.2) is 12.6 Å². The molecule has 1 rings (SSSR count). The van der Waals surface area contributed by atoms with Gasteiger partial charge < -0.3 is 10.1 Å². The molecule has 1 N–H and O–H groups in total. The molecular formula is C15H23NO. The first kappa shape index (κ1) is 13.8. The van der Waals surface area contributed by atoms with Gasteiger partial charge in [0.2, 0.25) is 0 Å². The van der Waals surface area contributed by atoms with Crippen molar-refractivity contribution in [2.45, 2.75) is 39.8 Å². The molecule has 0 amide bonds. The lowest BCUT2D eigenvalue weighted by atomic mass is 10.2. The second kappa shape index (κ2) is 7.13. The van der Waals surface area contributed by atoms with E-state index in [9.17, 15) is 0 Å². The van der Waals surface area contributed by atoms with Crippen LogP contribution in [0.5, 0.6) is 5.75 Å². The molecule has 17 heavy (non-hydrogen) atoms. The van der Waals surface area contributed by atoms with Gasteiger partial charge in [0, 0.05) is 19.0 Å². The van der Waals surface area contributed by atoms with E-state index in [1.165, 1.54) is 5.56 Å². The van der Waals surface area contributed by atoms with Crippen LogP contribution in [0.3, 0.4) is 0 Å². The van der Waals surface area contributed by atoms with Gasteiger partial charge in [0.15, 0.2) is 0 Å². The number of rotatable bonds is 7. The molecule has 1 aromatic rings. The van der Waals surface area contributed by atoms with Gasteiger partial charge in [0.1, 0.15) is 5.75 Å². The van der Waals surface area contributed by atoms with Crippen LogP contribution in [0.1, 0.15) is 32.8 Å². The average molecular weight is 233 g/mol. The van der Waals surface area contributed by atoms with Crippen molar-refractivity contribution in [3.8, 4) is 5.75 Å². The molecule has 0 radical (unpaired) electrons. The van der Waals surface area contributed by atoms with Crippen LogP contribution in [0.15, 0.2) is 36.4 Å². The number of nitrogens with one attached hydrogen (secondary N) is 1. The third-order valence-electron chi connectivity index (χ3n) is 2.44. The fourth-order valence-corrected chi connectivity index (χ4v) is 1.37. The highest BCUT2D eigenvalue weighted by molar-refractivity contribution is 5.27. The Morgan fingerprint density at radius 1 is 1.29 bits per heavy atom. The zero-order valence-corrected chi connectivity index (χ0v) is 11.1. The smallest absolute Gasteiger partial charge is 0.119 e. The van der Waals surface area contributed by atoms with Crippen molar-refractivity contribution in [1.82, 2.24) is 5.32 Å². The van der Waals surface area contributed by atoms with E-state index in [2.05, 4.69) is 37.9 Å². The van der Waals surface area contributed by atoms with E-state index in [1.807, 2.05) is 19.1 Å². The number of hydrogen-bond donors (Lipinski definition) is 1. The molecule has 0 aliphatic carbocycles. The summed E-state index contributed by atoms with van der Waals surface area (Å²) in [6, 6.07) is 8.77. The summed E-state index contributed by atoms with van der Waals surface area (Å²) >= 11 is 0. The molecule has 94 valence electrons. The van der Waals surface area contributed by atoms with Crippen LogP contribution < -0.4 is 10.1 Å². The van der Waals surface area contributed by atoms with Crippen molar-refractivity contribution in [3.63, 3.8) is 0 Å². The zero-order valence-electron chi connectivity index (χ0n) is 11.1. The molecule has 0 heterocycles. The lowest BCUT2D eigenvalue weighted by Gasteiger charge is -2.09. The van der Waals surface area contributed by atoms with E-state index in [0.29, 0.717) is 12.6 Å². The summed E-state index contributed by atoms with van der Waals surface area (Å²) < 4.78 is 5.62. The topological polar surface area (TPSA) is 21.3 Å². The normalized spacial score (nSPS) is 10.6. The van der Waals surface area contributed by atoms with Gasteiger partial charge in [-0.2, -0.15) is 0 Å². The predicted octanol–water partition coefficient (Wildman–Crippen LogP) is 3.53. The molecule has 0 spiro atoms. The molecule has 2 heteroatoms. The largest absolute Gasteiger partial charge is 0.493 e. The average Bonchev–Trinajstić information content (AvgIpc) is 2.27. The van der Waals surface area contributed by atoms with Crippen molar-refractivity contribution in [3.05, 3.63) is 42.0 Å². The van der Waals surface area contributed by atoms with Crippen molar-refractivity contribution < 1.29 is 4.74 Å². The van der Waals surface area contributed by atoms with Gasteiger partial charge in [0.25, 0.3) is 0 Å². The maximum Gasteiger partial charge on any atom is 0.119 e. The first-order valence-corrected chi connectivity index (χ1v) is 6.17. The van der Waals surface area contributed by atoms with Crippen LogP contribution in [0.25, 0.3) is 0 Å². The van der Waals surface area contributed by atoms with Crippen LogP contribution >= 0.6 is 0 Å². The molecule has 0 bridgehead atoms. The summed E-state index contributed by atoms with van der Waals surface area (Å²) in [6.07, 6.45) is 0.913. The first-order chi connectivity index (χ1) is 8.08. The van der Waals surface area contributed by atoms with Crippen LogP contribution in [0.2, 0.25) is 0 Å². The monoisotopic (exact) mass is 233 g/mol. The lowest BCUT2D eigenvalue weighted by molar-refractivity contribution is 0.321. The fourth-order valence-electron chi connectivity index (χ4n) is 1.37. The summed E-state index contributed by atoms with van der Waals surface area (Å²) in [5, 5.41) is 3.39. The molecule has 0 aromatic heterocycles. The third kappa shape index (κ3) is 6.12. The Labute approximate surface area is 105 Å². The molecule has 1 aromatic carbocycles. The zero-order chi connectivity index (χ0) is 12.7. The van der Waals surface area contributed by atoms with Crippen LogP contribution in [0, 0.1) is 0 Å². The van der Waals surface area contributed by atoms with Crippen molar-refractivity contribution in [1.29, 1.82) is 0 Å². The lowest BCUT2D eigenvalue weighted by Crippen LogP contribution is -2.21. The predicted molar refractivity (Wildman–Crippen MR) is 73.3 cm³/mol. The van der Waals surface area contributed by atoms with E-state index in [0.717, 1.165) is 24.3 Å². The second-order valence-electron chi connectivity index (χ2n) is 4.74. The van der Waals surface area contributed by atoms with Gasteiger partial charge in [0.05, 0.1) is 6.61 Å². The summed E-state index contributed by atoms with van der Waals surface area (Å²) in [5.74, 6) is 0.930. The Morgan fingerprint density at radius 2 is 1.94 bits per heavy atom. The molecule has 0 saturated carbocycles. The van der Waals surface area contributed by atoms with E-state index in [-0.39, 0.29) is 0 Å². The Balaban J connectivity index is 2.36. The molecule has 2 nitrogen and oxygen atoms in total. The highest BCUT2D eigenvalue weighted by atomic mass is 16.5. The number of hydrogen-bond acceptors (Lipinski definition) is 2. The maximum atomic E-state index is 5.62. The third-order valence-corrected chi connectivity index (χ3v) is 2.44. The Kier molecular flexibility index (Phi) is 5.78. The van der Waals surface area contributed by atoms with E-state index < -0.39 is 0 Å². The van der Waals surface area contributed by atoms with Crippen molar-refractivity contribution in [2.24, 2.45) is 0 Å². The molecule has 0 fully saturated rings. The van der Waals surface area contributed by atoms with Crippen molar-refractivity contribution in [2.75, 3.05) is 6.61 Å². The highest BCUT2D eigenvalue weighted by Crippen LogP contribution is 2.13. The number of benzene rings is 1. The molecule has 0 unspecified atom stereocenters. The van der Waals surface area contributed by atoms with Gasteiger partial charge in [-0.3, -0.25) is 0 Å². The Hall–Kier alpha value is -1.28. The quantitative estimate of drug-likeness (QED) is 0.727. The molecule has 0 aliphatic rings.